The molecule has 1 heterocycles. The van der Waals surface area contributed by atoms with E-state index >= 15 is 0 Å². The molecule has 1 fully saturated rings. The molecular formula is C19H24N4O3S. The van der Waals surface area contributed by atoms with Crippen LogP contribution in [0.5, 0.6) is 0 Å². The smallest absolute Gasteiger partial charge is 0.321 e. The average molecular weight is 388 g/mol. The van der Waals surface area contributed by atoms with Crippen LogP contribution in [0.1, 0.15) is 12.0 Å². The van der Waals surface area contributed by atoms with Crippen molar-refractivity contribution in [2.45, 2.75) is 17.9 Å². The summed E-state index contributed by atoms with van der Waals surface area (Å²) >= 11 is 0. The lowest BCUT2D eigenvalue weighted by atomic mass is 10.2. The Morgan fingerprint density at radius 1 is 0.963 bits per heavy atom. The molecule has 1 saturated heterocycles. The van der Waals surface area contributed by atoms with Crippen LogP contribution in [0.25, 0.3) is 0 Å². The first-order valence-corrected chi connectivity index (χ1v) is 10.4. The Hall–Kier alpha value is -2.42. The zero-order chi connectivity index (χ0) is 19.3. The lowest BCUT2D eigenvalue weighted by molar-refractivity contribution is 0.211. The Morgan fingerprint density at radius 3 is 2.33 bits per heavy atom. The van der Waals surface area contributed by atoms with Crippen LogP contribution in [0.2, 0.25) is 0 Å². The highest BCUT2D eigenvalue weighted by Gasteiger charge is 2.19. The number of benzene rings is 2. The van der Waals surface area contributed by atoms with Crippen LogP contribution in [0, 0.1) is 0 Å². The van der Waals surface area contributed by atoms with Crippen molar-refractivity contribution >= 4 is 21.7 Å². The normalized spacial score (nSPS) is 16.0. The fourth-order valence-corrected chi connectivity index (χ4v) is 3.62. The van der Waals surface area contributed by atoms with E-state index in [1.807, 2.05) is 18.2 Å². The van der Waals surface area contributed by atoms with E-state index in [9.17, 15) is 13.2 Å². The van der Waals surface area contributed by atoms with Gasteiger partial charge in [0.15, 0.2) is 0 Å². The Labute approximate surface area is 159 Å². The van der Waals surface area contributed by atoms with E-state index in [0.29, 0.717) is 18.8 Å². The second kappa shape index (κ2) is 8.51. The van der Waals surface area contributed by atoms with E-state index < -0.39 is 10.0 Å². The molecule has 2 aromatic carbocycles. The Balaban J connectivity index is 1.55. The van der Waals surface area contributed by atoms with Crippen molar-refractivity contribution in [1.29, 1.82) is 0 Å². The van der Waals surface area contributed by atoms with Crippen LogP contribution in [0.15, 0.2) is 59.5 Å². The van der Waals surface area contributed by atoms with E-state index in [1.54, 1.807) is 4.90 Å². The molecule has 2 aromatic rings. The van der Waals surface area contributed by atoms with E-state index in [1.165, 1.54) is 29.8 Å². The summed E-state index contributed by atoms with van der Waals surface area (Å²) in [4.78, 5) is 16.7. The summed E-state index contributed by atoms with van der Waals surface area (Å²) in [6.45, 7) is 3.97. The molecule has 0 bridgehead atoms. The minimum Gasteiger partial charge on any atom is -0.323 e. The van der Waals surface area contributed by atoms with Crippen molar-refractivity contribution < 1.29 is 13.2 Å². The van der Waals surface area contributed by atoms with Gasteiger partial charge in [0, 0.05) is 38.4 Å². The number of nitrogens with two attached hydrogens (primary N) is 1. The van der Waals surface area contributed by atoms with Gasteiger partial charge < -0.3 is 10.2 Å². The second-order valence-electron chi connectivity index (χ2n) is 6.60. The third kappa shape index (κ3) is 5.53. The molecule has 0 aliphatic carbocycles. The fourth-order valence-electron chi connectivity index (χ4n) is 3.10. The van der Waals surface area contributed by atoms with Gasteiger partial charge in [-0.3, -0.25) is 4.90 Å². The molecule has 0 atom stereocenters. The van der Waals surface area contributed by atoms with Crippen LogP contribution in [-0.2, 0) is 16.6 Å². The van der Waals surface area contributed by atoms with Gasteiger partial charge in [0.25, 0.3) is 0 Å². The first kappa shape index (κ1) is 19.3. The number of carbonyl (C=O) groups excluding carboxylic acids is 1. The summed E-state index contributed by atoms with van der Waals surface area (Å²) in [5.41, 5.74) is 1.81. The zero-order valence-electron chi connectivity index (χ0n) is 15.0. The third-order valence-corrected chi connectivity index (χ3v) is 5.49. The Bertz CT molecular complexity index is 870. The monoisotopic (exact) mass is 388 g/mol. The topological polar surface area (TPSA) is 95.7 Å². The number of carbonyl (C=O) groups is 1. The van der Waals surface area contributed by atoms with Crippen molar-refractivity contribution in [3.05, 3.63) is 60.2 Å². The van der Waals surface area contributed by atoms with Gasteiger partial charge in [-0.15, -0.1) is 0 Å². The first-order valence-electron chi connectivity index (χ1n) is 8.87. The summed E-state index contributed by atoms with van der Waals surface area (Å²) < 4.78 is 22.6. The summed E-state index contributed by atoms with van der Waals surface area (Å²) in [5, 5.41) is 7.90. The van der Waals surface area contributed by atoms with Crippen molar-refractivity contribution in [1.82, 2.24) is 9.80 Å². The number of nitrogens with zero attached hydrogens (tertiary/aromatic N) is 2. The maximum atomic E-state index is 12.5. The molecule has 0 spiro atoms. The number of hydrogen-bond acceptors (Lipinski definition) is 4. The van der Waals surface area contributed by atoms with E-state index in [2.05, 4.69) is 22.3 Å². The van der Waals surface area contributed by atoms with Crippen molar-refractivity contribution in [2.24, 2.45) is 5.14 Å². The molecule has 144 valence electrons. The largest absolute Gasteiger partial charge is 0.323 e. The number of amides is 2. The number of urea groups is 1. The number of anilines is 1. The summed E-state index contributed by atoms with van der Waals surface area (Å²) in [7, 11) is -3.73. The van der Waals surface area contributed by atoms with Gasteiger partial charge in [0.2, 0.25) is 10.0 Å². The number of sulfonamides is 1. The molecule has 3 N–H and O–H groups in total. The Morgan fingerprint density at radius 2 is 1.67 bits per heavy atom. The van der Waals surface area contributed by atoms with Gasteiger partial charge in [-0.2, -0.15) is 0 Å². The highest BCUT2D eigenvalue weighted by molar-refractivity contribution is 7.89. The van der Waals surface area contributed by atoms with Crippen molar-refractivity contribution in [3.8, 4) is 0 Å². The summed E-state index contributed by atoms with van der Waals surface area (Å²) in [6.07, 6.45) is 0.907. The minimum absolute atomic E-state index is 0.0202. The minimum atomic E-state index is -3.73. The molecule has 8 heteroatoms. The quantitative estimate of drug-likeness (QED) is 0.838. The van der Waals surface area contributed by atoms with Crippen LogP contribution >= 0.6 is 0 Å². The summed E-state index contributed by atoms with van der Waals surface area (Å²) in [5.74, 6) is 0. The highest BCUT2D eigenvalue weighted by atomic mass is 32.2. The molecular weight excluding hydrogens is 364 g/mol. The molecule has 3 rings (SSSR count). The molecule has 0 aromatic heterocycles. The van der Waals surface area contributed by atoms with Crippen LogP contribution in [0.3, 0.4) is 0 Å². The van der Waals surface area contributed by atoms with Crippen LogP contribution in [0.4, 0.5) is 10.5 Å². The van der Waals surface area contributed by atoms with Gasteiger partial charge in [-0.1, -0.05) is 30.3 Å². The average Bonchev–Trinajstić information content (AvgIpc) is 2.88. The van der Waals surface area contributed by atoms with Gasteiger partial charge in [-0.05, 0) is 36.2 Å². The van der Waals surface area contributed by atoms with Gasteiger partial charge in [0.1, 0.15) is 0 Å². The second-order valence-corrected chi connectivity index (χ2v) is 8.16. The fraction of sp³-hybridized carbons (Fsp3) is 0.316. The molecule has 0 unspecified atom stereocenters. The number of primary sulfonamides is 1. The number of hydrogen-bond donors (Lipinski definition) is 2. The SMILES string of the molecule is NS(=O)(=O)c1ccc(NC(=O)N2CCCN(Cc3ccccc3)CC2)cc1. The molecule has 1 aliphatic heterocycles. The maximum Gasteiger partial charge on any atom is 0.321 e. The number of rotatable bonds is 4. The van der Waals surface area contributed by atoms with Gasteiger partial charge in [-0.25, -0.2) is 18.4 Å². The van der Waals surface area contributed by atoms with Gasteiger partial charge >= 0.3 is 6.03 Å². The van der Waals surface area contributed by atoms with E-state index in [0.717, 1.165) is 26.1 Å². The predicted octanol–water partition coefficient (Wildman–Crippen LogP) is 2.07. The third-order valence-electron chi connectivity index (χ3n) is 4.56. The Kier molecular flexibility index (Phi) is 6.10. The van der Waals surface area contributed by atoms with Crippen LogP contribution in [-0.4, -0.2) is 50.4 Å². The van der Waals surface area contributed by atoms with Gasteiger partial charge in [0.05, 0.1) is 4.90 Å². The lowest BCUT2D eigenvalue weighted by Crippen LogP contribution is -2.38. The molecule has 1 aliphatic rings. The lowest BCUT2D eigenvalue weighted by Gasteiger charge is -2.22. The van der Waals surface area contributed by atoms with Crippen LogP contribution < -0.4 is 10.5 Å². The van der Waals surface area contributed by atoms with Crippen molar-refractivity contribution in [2.75, 3.05) is 31.5 Å². The standard InChI is InChI=1S/C19H24N4O3S/c20-27(25,26)18-9-7-17(8-10-18)21-19(24)23-12-4-11-22(13-14-23)15-16-5-2-1-3-6-16/h1-3,5-10H,4,11-15H2,(H,21,24)(H2,20,25,26). The molecule has 2 amide bonds. The first-order chi connectivity index (χ1) is 12.9. The van der Waals surface area contributed by atoms with E-state index in [4.69, 9.17) is 5.14 Å². The molecule has 27 heavy (non-hydrogen) atoms. The summed E-state index contributed by atoms with van der Waals surface area (Å²) in [6, 6.07) is 16.0. The molecule has 7 nitrogen and oxygen atoms in total. The zero-order valence-corrected chi connectivity index (χ0v) is 15.9. The number of nitrogens with one attached hydrogen (secondary N) is 1. The predicted molar refractivity (Wildman–Crippen MR) is 105 cm³/mol. The molecule has 0 radical (unpaired) electrons. The molecule has 0 saturated carbocycles. The highest BCUT2D eigenvalue weighted by Crippen LogP contribution is 2.14. The van der Waals surface area contributed by atoms with Crippen molar-refractivity contribution in [3.63, 3.8) is 0 Å². The maximum absolute atomic E-state index is 12.5. The van der Waals surface area contributed by atoms with E-state index in [-0.39, 0.29) is 10.9 Å².